The van der Waals surface area contributed by atoms with Crippen molar-refractivity contribution in [3.05, 3.63) is 65.2 Å². The Labute approximate surface area is 167 Å². The summed E-state index contributed by atoms with van der Waals surface area (Å²) in [4.78, 5) is 12.2. The third-order valence-electron chi connectivity index (χ3n) is 4.06. The van der Waals surface area contributed by atoms with Crippen LogP contribution in [0.1, 0.15) is 41.3 Å². The van der Waals surface area contributed by atoms with E-state index in [9.17, 15) is 13.2 Å². The summed E-state index contributed by atoms with van der Waals surface area (Å²) in [5.41, 5.74) is 2.70. The molecule has 2 N–H and O–H groups in total. The SMILES string of the molecule is Cc1cccc(C(C)C)c1NS(=O)(=O)c1nnc(NC(=O)c2ccccc2)s1. The normalized spacial score (nSPS) is 11.4. The smallest absolute Gasteiger partial charge is 0.291 e. The van der Waals surface area contributed by atoms with Gasteiger partial charge in [-0.25, -0.2) is 0 Å². The molecule has 1 amide bonds. The quantitative estimate of drug-likeness (QED) is 0.591. The molecule has 0 radical (unpaired) electrons. The van der Waals surface area contributed by atoms with E-state index in [1.807, 2.05) is 39.0 Å². The molecule has 2 aromatic carbocycles. The van der Waals surface area contributed by atoms with Crippen molar-refractivity contribution in [3.8, 4) is 0 Å². The molecule has 146 valence electrons. The molecule has 0 fully saturated rings. The van der Waals surface area contributed by atoms with E-state index < -0.39 is 10.0 Å². The third-order valence-corrected chi connectivity index (χ3v) is 6.61. The van der Waals surface area contributed by atoms with Crippen molar-refractivity contribution in [1.29, 1.82) is 0 Å². The van der Waals surface area contributed by atoms with Gasteiger partial charge in [0.25, 0.3) is 20.3 Å². The molecule has 1 aromatic heterocycles. The molecule has 1 heterocycles. The van der Waals surface area contributed by atoms with Crippen LogP contribution in [-0.2, 0) is 10.0 Å². The van der Waals surface area contributed by atoms with Gasteiger partial charge in [0.2, 0.25) is 5.13 Å². The summed E-state index contributed by atoms with van der Waals surface area (Å²) in [6.07, 6.45) is 0. The van der Waals surface area contributed by atoms with Gasteiger partial charge in [-0.1, -0.05) is 61.6 Å². The van der Waals surface area contributed by atoms with Crippen LogP contribution in [0.4, 0.5) is 10.8 Å². The number of aromatic nitrogens is 2. The van der Waals surface area contributed by atoms with Crippen LogP contribution in [0.5, 0.6) is 0 Å². The van der Waals surface area contributed by atoms with Crippen molar-refractivity contribution >= 4 is 38.1 Å². The number of hydrogen-bond acceptors (Lipinski definition) is 6. The first kappa shape index (κ1) is 20.0. The maximum absolute atomic E-state index is 12.8. The van der Waals surface area contributed by atoms with Crippen LogP contribution in [0.3, 0.4) is 0 Å². The zero-order valence-corrected chi connectivity index (χ0v) is 17.3. The average molecular weight is 417 g/mol. The summed E-state index contributed by atoms with van der Waals surface area (Å²) in [6.45, 7) is 5.83. The molecule has 0 aliphatic rings. The standard InChI is InChI=1S/C19H20N4O3S2/c1-12(2)15-11-7-8-13(3)16(15)23-28(25,26)19-22-21-18(27-19)20-17(24)14-9-5-4-6-10-14/h4-12,23H,1-3H3,(H,20,21,24). The van der Waals surface area contributed by atoms with Crippen molar-refractivity contribution < 1.29 is 13.2 Å². The minimum atomic E-state index is -3.93. The van der Waals surface area contributed by atoms with Crippen LogP contribution < -0.4 is 10.0 Å². The van der Waals surface area contributed by atoms with E-state index >= 15 is 0 Å². The first-order valence-corrected chi connectivity index (χ1v) is 10.9. The number of rotatable bonds is 6. The number of aryl methyl sites for hydroxylation is 1. The van der Waals surface area contributed by atoms with Crippen LogP contribution >= 0.6 is 11.3 Å². The van der Waals surface area contributed by atoms with Gasteiger partial charge in [0.15, 0.2) is 0 Å². The summed E-state index contributed by atoms with van der Waals surface area (Å²) in [5, 5.41) is 10.2. The van der Waals surface area contributed by atoms with Gasteiger partial charge in [0.1, 0.15) is 0 Å². The van der Waals surface area contributed by atoms with Crippen LogP contribution in [0, 0.1) is 6.92 Å². The Balaban J connectivity index is 1.82. The van der Waals surface area contributed by atoms with Crippen LogP contribution in [-0.4, -0.2) is 24.5 Å². The molecule has 28 heavy (non-hydrogen) atoms. The lowest BCUT2D eigenvalue weighted by molar-refractivity contribution is 0.102. The van der Waals surface area contributed by atoms with E-state index in [4.69, 9.17) is 0 Å². The van der Waals surface area contributed by atoms with Crippen molar-refractivity contribution in [1.82, 2.24) is 10.2 Å². The van der Waals surface area contributed by atoms with Gasteiger partial charge < -0.3 is 0 Å². The van der Waals surface area contributed by atoms with Crippen molar-refractivity contribution in [2.24, 2.45) is 0 Å². The number of para-hydroxylation sites is 1. The molecule has 0 spiro atoms. The van der Waals surface area contributed by atoms with Gasteiger partial charge in [0, 0.05) is 5.56 Å². The van der Waals surface area contributed by atoms with E-state index in [-0.39, 0.29) is 21.3 Å². The summed E-state index contributed by atoms with van der Waals surface area (Å²) in [6, 6.07) is 14.2. The van der Waals surface area contributed by atoms with Gasteiger partial charge >= 0.3 is 0 Å². The Bertz CT molecular complexity index is 1090. The molecule has 0 saturated heterocycles. The van der Waals surface area contributed by atoms with Crippen molar-refractivity contribution in [2.75, 3.05) is 10.0 Å². The van der Waals surface area contributed by atoms with Gasteiger partial charge in [-0.2, -0.15) is 8.42 Å². The minimum Gasteiger partial charge on any atom is -0.296 e. The Hall–Kier alpha value is -2.78. The number of carbonyl (C=O) groups excluding carboxylic acids is 1. The lowest BCUT2D eigenvalue weighted by Gasteiger charge is -2.16. The fourth-order valence-corrected chi connectivity index (χ4v) is 4.67. The second-order valence-corrected chi connectivity index (χ2v) is 9.33. The number of sulfonamides is 1. The highest BCUT2D eigenvalue weighted by atomic mass is 32.2. The van der Waals surface area contributed by atoms with Crippen LogP contribution in [0.2, 0.25) is 0 Å². The largest absolute Gasteiger partial charge is 0.296 e. The van der Waals surface area contributed by atoms with Crippen LogP contribution in [0.25, 0.3) is 0 Å². The maximum atomic E-state index is 12.8. The number of hydrogen-bond donors (Lipinski definition) is 2. The molecule has 0 atom stereocenters. The number of carbonyl (C=O) groups is 1. The Morgan fingerprint density at radius 3 is 2.43 bits per heavy atom. The highest BCUT2D eigenvalue weighted by molar-refractivity contribution is 7.94. The highest BCUT2D eigenvalue weighted by Crippen LogP contribution is 2.30. The number of anilines is 2. The zero-order valence-electron chi connectivity index (χ0n) is 15.6. The summed E-state index contributed by atoms with van der Waals surface area (Å²) in [5.74, 6) is -0.234. The number of nitrogens with one attached hydrogen (secondary N) is 2. The lowest BCUT2D eigenvalue weighted by atomic mass is 9.99. The fraction of sp³-hybridized carbons (Fsp3) is 0.211. The minimum absolute atomic E-state index is 0.114. The van der Waals surface area contributed by atoms with Crippen LogP contribution in [0.15, 0.2) is 52.9 Å². The van der Waals surface area contributed by atoms with Gasteiger partial charge in [-0.15, -0.1) is 10.2 Å². The zero-order chi connectivity index (χ0) is 20.3. The van der Waals surface area contributed by atoms with Crippen molar-refractivity contribution in [3.63, 3.8) is 0 Å². The van der Waals surface area contributed by atoms with Crippen molar-refractivity contribution in [2.45, 2.75) is 31.0 Å². The first-order chi connectivity index (χ1) is 13.3. The number of amides is 1. The first-order valence-electron chi connectivity index (χ1n) is 8.60. The molecule has 0 saturated carbocycles. The van der Waals surface area contributed by atoms with E-state index in [2.05, 4.69) is 20.2 Å². The maximum Gasteiger partial charge on any atom is 0.291 e. The number of benzene rings is 2. The second kappa shape index (κ2) is 8.07. The third kappa shape index (κ3) is 4.37. The van der Waals surface area contributed by atoms with Gasteiger partial charge in [-0.3, -0.25) is 14.8 Å². The molecule has 0 bridgehead atoms. The number of nitrogens with zero attached hydrogens (tertiary/aromatic N) is 2. The molecule has 9 heteroatoms. The van der Waals surface area contributed by atoms with E-state index in [0.717, 1.165) is 22.5 Å². The highest BCUT2D eigenvalue weighted by Gasteiger charge is 2.23. The topological polar surface area (TPSA) is 101 Å². The second-order valence-electron chi connectivity index (χ2n) is 6.49. The molecule has 7 nitrogen and oxygen atoms in total. The predicted molar refractivity (Wildman–Crippen MR) is 110 cm³/mol. The molecule has 0 aliphatic carbocycles. The fourth-order valence-electron chi connectivity index (χ4n) is 2.62. The molecule has 3 rings (SSSR count). The summed E-state index contributed by atoms with van der Waals surface area (Å²) in [7, 11) is -3.93. The average Bonchev–Trinajstić information content (AvgIpc) is 3.13. The van der Waals surface area contributed by atoms with Gasteiger partial charge in [-0.05, 0) is 36.1 Å². The predicted octanol–water partition coefficient (Wildman–Crippen LogP) is 4.02. The Morgan fingerprint density at radius 1 is 1.04 bits per heavy atom. The lowest BCUT2D eigenvalue weighted by Crippen LogP contribution is -2.15. The molecular formula is C19H20N4O3S2. The van der Waals surface area contributed by atoms with Gasteiger partial charge in [0.05, 0.1) is 5.69 Å². The Kier molecular flexibility index (Phi) is 5.76. The summed E-state index contributed by atoms with van der Waals surface area (Å²) >= 11 is 0.798. The Morgan fingerprint density at radius 2 is 1.75 bits per heavy atom. The summed E-state index contributed by atoms with van der Waals surface area (Å²) < 4.78 is 28.0. The van der Waals surface area contributed by atoms with E-state index in [0.29, 0.717) is 11.3 Å². The molecule has 0 aliphatic heterocycles. The molecule has 0 unspecified atom stereocenters. The van der Waals surface area contributed by atoms with E-state index in [1.54, 1.807) is 30.3 Å². The monoisotopic (exact) mass is 416 g/mol. The molecule has 3 aromatic rings. The van der Waals surface area contributed by atoms with E-state index in [1.165, 1.54) is 0 Å². The molecular weight excluding hydrogens is 396 g/mol.